The molecule has 1 unspecified atom stereocenters. The second kappa shape index (κ2) is 5.55. The Morgan fingerprint density at radius 2 is 2.41 bits per heavy atom. The van der Waals surface area contributed by atoms with Crippen molar-refractivity contribution in [2.75, 3.05) is 36.1 Å². The van der Waals surface area contributed by atoms with E-state index in [1.807, 2.05) is 19.2 Å². The second-order valence-electron chi connectivity index (χ2n) is 4.02. The Kier molecular flexibility index (Phi) is 4.06. The third-order valence-electron chi connectivity index (χ3n) is 2.72. The molecule has 1 aliphatic heterocycles. The van der Waals surface area contributed by atoms with Gasteiger partial charge in [0.15, 0.2) is 5.16 Å². The van der Waals surface area contributed by atoms with E-state index in [1.165, 1.54) is 11.8 Å². The molecule has 1 aliphatic rings. The molecule has 2 rings (SSSR count). The Bertz CT molecular complexity index is 388. The van der Waals surface area contributed by atoms with Crippen LogP contribution in [-0.2, 0) is 0 Å². The van der Waals surface area contributed by atoms with Crippen molar-refractivity contribution in [3.8, 4) is 0 Å². The largest absolute Gasteiger partial charge is 0.391 e. The summed E-state index contributed by atoms with van der Waals surface area (Å²) in [6.45, 7) is 4.40. The average Bonchev–Trinajstić information content (AvgIpc) is 2.76. The Balaban J connectivity index is 2.23. The van der Waals surface area contributed by atoms with Crippen molar-refractivity contribution in [1.29, 1.82) is 0 Å². The van der Waals surface area contributed by atoms with Gasteiger partial charge < -0.3 is 15.3 Å². The summed E-state index contributed by atoms with van der Waals surface area (Å²) >= 11 is 1.53. The Morgan fingerprint density at radius 3 is 3.00 bits per heavy atom. The van der Waals surface area contributed by atoms with Crippen LogP contribution < -0.4 is 10.2 Å². The molecule has 2 N–H and O–H groups in total. The molecule has 0 aromatic carbocycles. The highest BCUT2D eigenvalue weighted by atomic mass is 32.2. The molecule has 1 aromatic heterocycles. The average molecular weight is 254 g/mol. The van der Waals surface area contributed by atoms with Crippen LogP contribution in [0.4, 0.5) is 11.6 Å². The summed E-state index contributed by atoms with van der Waals surface area (Å²) in [6.07, 6.45) is 2.55. The van der Waals surface area contributed by atoms with E-state index in [2.05, 4.69) is 20.2 Å². The number of aromatic nitrogens is 2. The van der Waals surface area contributed by atoms with E-state index in [0.717, 1.165) is 36.3 Å². The molecule has 6 heteroatoms. The lowest BCUT2D eigenvalue weighted by Crippen LogP contribution is -2.22. The lowest BCUT2D eigenvalue weighted by Gasteiger charge is -2.18. The normalized spacial score (nSPS) is 19.7. The first-order chi connectivity index (χ1) is 8.22. The molecule has 0 spiro atoms. The Hall–Kier alpha value is -1.01. The minimum absolute atomic E-state index is 0.231. The number of aliphatic hydroxyl groups is 1. The van der Waals surface area contributed by atoms with Gasteiger partial charge in [0.05, 0.1) is 6.10 Å². The van der Waals surface area contributed by atoms with Gasteiger partial charge in [-0.2, -0.15) is 0 Å². The van der Waals surface area contributed by atoms with E-state index >= 15 is 0 Å². The van der Waals surface area contributed by atoms with Crippen molar-refractivity contribution in [1.82, 2.24) is 9.97 Å². The van der Waals surface area contributed by atoms with E-state index < -0.39 is 0 Å². The number of aliphatic hydroxyl groups excluding tert-OH is 1. The maximum absolute atomic E-state index is 9.55. The number of β-amino-alcohol motifs (C(OH)–C–C–N with tert-alkyl or cyclic N) is 1. The fourth-order valence-electron chi connectivity index (χ4n) is 1.89. The van der Waals surface area contributed by atoms with Gasteiger partial charge in [0, 0.05) is 25.7 Å². The summed E-state index contributed by atoms with van der Waals surface area (Å²) < 4.78 is 0. The lowest BCUT2D eigenvalue weighted by atomic mass is 10.3. The number of hydrogen-bond donors (Lipinski definition) is 2. The van der Waals surface area contributed by atoms with Crippen LogP contribution in [-0.4, -0.2) is 47.1 Å². The molecule has 0 bridgehead atoms. The quantitative estimate of drug-likeness (QED) is 0.622. The first-order valence-electron chi connectivity index (χ1n) is 5.83. The van der Waals surface area contributed by atoms with Crippen molar-refractivity contribution in [2.45, 2.75) is 24.6 Å². The molecule has 0 aliphatic carbocycles. The summed E-state index contributed by atoms with van der Waals surface area (Å²) in [5.41, 5.74) is 0. The number of rotatable bonds is 4. The summed E-state index contributed by atoms with van der Waals surface area (Å²) in [5.74, 6) is 1.75. The van der Waals surface area contributed by atoms with Crippen LogP contribution in [0.3, 0.4) is 0 Å². The molecule has 1 aromatic rings. The van der Waals surface area contributed by atoms with Crippen molar-refractivity contribution < 1.29 is 5.11 Å². The lowest BCUT2D eigenvalue weighted by molar-refractivity contribution is 0.198. The fraction of sp³-hybridized carbons (Fsp3) is 0.636. The van der Waals surface area contributed by atoms with E-state index in [9.17, 15) is 5.11 Å². The smallest absolute Gasteiger partial charge is 0.191 e. The van der Waals surface area contributed by atoms with Crippen molar-refractivity contribution in [3.05, 3.63) is 6.07 Å². The molecule has 1 atom stereocenters. The fourth-order valence-corrected chi connectivity index (χ4v) is 2.26. The zero-order valence-electron chi connectivity index (χ0n) is 10.2. The maximum atomic E-state index is 9.55. The monoisotopic (exact) mass is 254 g/mol. The van der Waals surface area contributed by atoms with Crippen LogP contribution in [0.5, 0.6) is 0 Å². The van der Waals surface area contributed by atoms with Gasteiger partial charge >= 0.3 is 0 Å². The summed E-state index contributed by atoms with van der Waals surface area (Å²) in [5, 5.41) is 13.5. The van der Waals surface area contributed by atoms with E-state index in [1.54, 1.807) is 0 Å². The highest BCUT2D eigenvalue weighted by molar-refractivity contribution is 7.98. The molecular weight excluding hydrogens is 236 g/mol. The number of thioether (sulfide) groups is 1. The molecule has 17 heavy (non-hydrogen) atoms. The molecule has 5 nitrogen and oxygen atoms in total. The zero-order valence-corrected chi connectivity index (χ0v) is 11.0. The number of nitrogens with one attached hydrogen (secondary N) is 1. The molecule has 0 amide bonds. The standard InChI is InChI=1S/C11H18N4OS/c1-3-12-9-6-10(14-11(13-9)17-2)15-5-4-8(16)7-15/h6,8,16H,3-5,7H2,1-2H3,(H,12,13,14). The van der Waals surface area contributed by atoms with Crippen LogP contribution >= 0.6 is 11.8 Å². The van der Waals surface area contributed by atoms with E-state index in [0.29, 0.717) is 6.54 Å². The van der Waals surface area contributed by atoms with Crippen molar-refractivity contribution in [3.63, 3.8) is 0 Å². The predicted molar refractivity (Wildman–Crippen MR) is 70.8 cm³/mol. The molecule has 94 valence electrons. The van der Waals surface area contributed by atoms with Crippen LogP contribution in [0, 0.1) is 0 Å². The van der Waals surface area contributed by atoms with Gasteiger partial charge in [0.1, 0.15) is 11.6 Å². The first kappa shape index (κ1) is 12.4. The second-order valence-corrected chi connectivity index (χ2v) is 4.79. The molecular formula is C11H18N4OS. The van der Waals surface area contributed by atoms with E-state index in [-0.39, 0.29) is 6.10 Å². The van der Waals surface area contributed by atoms with Crippen LogP contribution in [0.2, 0.25) is 0 Å². The van der Waals surface area contributed by atoms with Gasteiger partial charge in [0.2, 0.25) is 0 Å². The van der Waals surface area contributed by atoms with E-state index in [4.69, 9.17) is 0 Å². The third kappa shape index (κ3) is 3.01. The highest BCUT2D eigenvalue weighted by Gasteiger charge is 2.22. The van der Waals surface area contributed by atoms with Crippen LogP contribution in [0.15, 0.2) is 11.2 Å². The molecule has 1 saturated heterocycles. The molecule has 2 heterocycles. The SMILES string of the molecule is CCNc1cc(N2CCC(O)C2)nc(SC)n1. The van der Waals surface area contributed by atoms with Gasteiger partial charge in [-0.15, -0.1) is 0 Å². The van der Waals surface area contributed by atoms with Crippen LogP contribution in [0.1, 0.15) is 13.3 Å². The topological polar surface area (TPSA) is 61.3 Å². The summed E-state index contributed by atoms with van der Waals surface area (Å²) in [4.78, 5) is 11.0. The van der Waals surface area contributed by atoms with Crippen molar-refractivity contribution >= 4 is 23.4 Å². The molecule has 0 radical (unpaired) electrons. The first-order valence-corrected chi connectivity index (χ1v) is 7.05. The van der Waals surface area contributed by atoms with Crippen LogP contribution in [0.25, 0.3) is 0 Å². The summed E-state index contributed by atoms with van der Waals surface area (Å²) in [6, 6.07) is 1.95. The predicted octanol–water partition coefficient (Wildman–Crippen LogP) is 1.20. The minimum Gasteiger partial charge on any atom is -0.391 e. The number of hydrogen-bond acceptors (Lipinski definition) is 6. The Labute approximate surface area is 106 Å². The van der Waals surface area contributed by atoms with Gasteiger partial charge in [-0.1, -0.05) is 11.8 Å². The Morgan fingerprint density at radius 1 is 1.59 bits per heavy atom. The minimum atomic E-state index is -0.231. The molecule has 1 fully saturated rings. The summed E-state index contributed by atoms with van der Waals surface area (Å²) in [7, 11) is 0. The van der Waals surface area contributed by atoms with Crippen molar-refractivity contribution in [2.24, 2.45) is 0 Å². The van der Waals surface area contributed by atoms with Gasteiger partial charge in [-0.25, -0.2) is 9.97 Å². The highest BCUT2D eigenvalue weighted by Crippen LogP contribution is 2.23. The zero-order chi connectivity index (χ0) is 12.3. The molecule has 0 saturated carbocycles. The maximum Gasteiger partial charge on any atom is 0.191 e. The van der Waals surface area contributed by atoms with Gasteiger partial charge in [-0.05, 0) is 19.6 Å². The number of nitrogens with zero attached hydrogens (tertiary/aromatic N) is 3. The number of anilines is 2. The van der Waals surface area contributed by atoms with Gasteiger partial charge in [-0.3, -0.25) is 0 Å². The van der Waals surface area contributed by atoms with Gasteiger partial charge in [0.25, 0.3) is 0 Å². The third-order valence-corrected chi connectivity index (χ3v) is 3.27.